The van der Waals surface area contributed by atoms with E-state index in [4.69, 9.17) is 0 Å². The minimum absolute atomic E-state index is 0.410. The minimum atomic E-state index is 0.410. The SMILES string of the molecule is Cc1cc(C2CCC2)nc(NCc2nccn2C(C)C)n1. The highest BCUT2D eigenvalue weighted by Gasteiger charge is 2.21. The zero-order valence-corrected chi connectivity index (χ0v) is 13.0. The third-order valence-corrected chi connectivity index (χ3v) is 4.11. The van der Waals surface area contributed by atoms with E-state index in [2.05, 4.69) is 44.7 Å². The van der Waals surface area contributed by atoms with Crippen molar-refractivity contribution in [2.75, 3.05) is 5.32 Å². The summed E-state index contributed by atoms with van der Waals surface area (Å²) in [5.74, 6) is 2.36. The number of aryl methyl sites for hydroxylation is 1. The molecule has 5 nitrogen and oxygen atoms in total. The summed E-state index contributed by atoms with van der Waals surface area (Å²) in [6.45, 7) is 6.99. The second kappa shape index (κ2) is 5.84. The van der Waals surface area contributed by atoms with E-state index in [1.807, 2.05) is 19.3 Å². The van der Waals surface area contributed by atoms with E-state index < -0.39 is 0 Å². The van der Waals surface area contributed by atoms with Crippen LogP contribution in [0.3, 0.4) is 0 Å². The average Bonchev–Trinajstić information content (AvgIpc) is 2.82. The van der Waals surface area contributed by atoms with Crippen LogP contribution in [0.25, 0.3) is 0 Å². The molecule has 0 amide bonds. The molecule has 1 saturated carbocycles. The fraction of sp³-hybridized carbons (Fsp3) is 0.562. The van der Waals surface area contributed by atoms with Crippen molar-refractivity contribution in [1.29, 1.82) is 0 Å². The topological polar surface area (TPSA) is 55.6 Å². The van der Waals surface area contributed by atoms with Crippen LogP contribution >= 0.6 is 0 Å². The summed E-state index contributed by atoms with van der Waals surface area (Å²) in [6.07, 6.45) is 7.69. The van der Waals surface area contributed by atoms with Gasteiger partial charge in [-0.25, -0.2) is 15.0 Å². The second-order valence-electron chi connectivity index (χ2n) is 6.08. The third-order valence-electron chi connectivity index (χ3n) is 4.11. The van der Waals surface area contributed by atoms with Crippen molar-refractivity contribution in [1.82, 2.24) is 19.5 Å². The quantitative estimate of drug-likeness (QED) is 0.914. The van der Waals surface area contributed by atoms with E-state index >= 15 is 0 Å². The van der Waals surface area contributed by atoms with Crippen LogP contribution in [0, 0.1) is 6.92 Å². The molecule has 2 aromatic rings. The highest BCUT2D eigenvalue weighted by Crippen LogP contribution is 2.35. The lowest BCUT2D eigenvalue weighted by atomic mass is 9.83. The first-order valence-corrected chi connectivity index (χ1v) is 7.74. The number of hydrogen-bond donors (Lipinski definition) is 1. The Morgan fingerprint density at radius 3 is 2.81 bits per heavy atom. The highest BCUT2D eigenvalue weighted by molar-refractivity contribution is 5.30. The molecule has 3 rings (SSSR count). The van der Waals surface area contributed by atoms with Gasteiger partial charge >= 0.3 is 0 Å². The molecule has 0 spiro atoms. The molecular weight excluding hydrogens is 262 g/mol. The number of anilines is 1. The maximum absolute atomic E-state index is 4.67. The number of aromatic nitrogens is 4. The van der Waals surface area contributed by atoms with Gasteiger partial charge in [0.05, 0.1) is 6.54 Å². The van der Waals surface area contributed by atoms with Crippen LogP contribution in [0.1, 0.15) is 62.3 Å². The second-order valence-corrected chi connectivity index (χ2v) is 6.08. The molecule has 1 N–H and O–H groups in total. The lowest BCUT2D eigenvalue weighted by molar-refractivity contribution is 0.410. The van der Waals surface area contributed by atoms with E-state index in [0.29, 0.717) is 18.5 Å². The smallest absolute Gasteiger partial charge is 0.223 e. The van der Waals surface area contributed by atoms with Crippen LogP contribution in [0.15, 0.2) is 18.5 Å². The molecular formula is C16H23N5. The molecule has 0 radical (unpaired) electrons. The zero-order chi connectivity index (χ0) is 14.8. The van der Waals surface area contributed by atoms with Crippen LogP contribution in [0.5, 0.6) is 0 Å². The van der Waals surface area contributed by atoms with Gasteiger partial charge in [0, 0.05) is 35.7 Å². The summed E-state index contributed by atoms with van der Waals surface area (Å²) in [6, 6.07) is 2.53. The maximum Gasteiger partial charge on any atom is 0.223 e. The third kappa shape index (κ3) is 3.06. The number of nitrogens with one attached hydrogen (secondary N) is 1. The fourth-order valence-corrected chi connectivity index (χ4v) is 2.69. The number of rotatable bonds is 5. The molecule has 1 fully saturated rings. The zero-order valence-electron chi connectivity index (χ0n) is 13.0. The standard InChI is InChI=1S/C16H23N5/c1-11(2)21-8-7-17-15(21)10-18-16-19-12(3)9-14(20-16)13-5-4-6-13/h7-9,11,13H,4-6,10H2,1-3H3,(H,18,19,20). The first-order chi connectivity index (χ1) is 10.1. The van der Waals surface area contributed by atoms with Gasteiger partial charge in [0.1, 0.15) is 5.82 Å². The van der Waals surface area contributed by atoms with Crippen LogP contribution < -0.4 is 5.32 Å². The van der Waals surface area contributed by atoms with Crippen molar-refractivity contribution in [3.8, 4) is 0 Å². The molecule has 1 aliphatic carbocycles. The van der Waals surface area contributed by atoms with Gasteiger partial charge in [0.15, 0.2) is 0 Å². The van der Waals surface area contributed by atoms with Crippen LogP contribution in [-0.4, -0.2) is 19.5 Å². The molecule has 1 aliphatic rings. The molecule has 5 heteroatoms. The first-order valence-electron chi connectivity index (χ1n) is 7.74. The van der Waals surface area contributed by atoms with E-state index in [1.165, 1.54) is 25.0 Å². The van der Waals surface area contributed by atoms with Crippen molar-refractivity contribution in [3.63, 3.8) is 0 Å². The summed E-state index contributed by atoms with van der Waals surface area (Å²) in [5, 5.41) is 3.32. The summed E-state index contributed by atoms with van der Waals surface area (Å²) < 4.78 is 2.16. The monoisotopic (exact) mass is 285 g/mol. The largest absolute Gasteiger partial charge is 0.347 e. The first kappa shape index (κ1) is 14.0. The number of nitrogens with zero attached hydrogens (tertiary/aromatic N) is 4. The molecule has 0 unspecified atom stereocenters. The Bertz CT molecular complexity index is 613. The predicted molar refractivity (Wildman–Crippen MR) is 83.3 cm³/mol. The van der Waals surface area contributed by atoms with Crippen molar-refractivity contribution >= 4 is 5.95 Å². The van der Waals surface area contributed by atoms with Crippen molar-refractivity contribution in [2.45, 2.75) is 58.5 Å². The molecule has 0 saturated heterocycles. The van der Waals surface area contributed by atoms with Gasteiger partial charge in [-0.1, -0.05) is 6.42 Å². The Kier molecular flexibility index (Phi) is 3.90. The van der Waals surface area contributed by atoms with Gasteiger partial charge < -0.3 is 9.88 Å². The lowest BCUT2D eigenvalue weighted by Crippen LogP contribution is -2.15. The molecule has 0 bridgehead atoms. The molecule has 0 atom stereocenters. The molecule has 2 heterocycles. The summed E-state index contributed by atoms with van der Waals surface area (Å²) in [5.41, 5.74) is 2.21. The minimum Gasteiger partial charge on any atom is -0.347 e. The molecule has 21 heavy (non-hydrogen) atoms. The van der Waals surface area contributed by atoms with Gasteiger partial charge in [-0.3, -0.25) is 0 Å². The molecule has 112 valence electrons. The summed E-state index contributed by atoms with van der Waals surface area (Å²) >= 11 is 0. The van der Waals surface area contributed by atoms with Crippen molar-refractivity contribution in [2.24, 2.45) is 0 Å². The Morgan fingerprint density at radius 2 is 2.14 bits per heavy atom. The van der Waals surface area contributed by atoms with Gasteiger partial charge in [-0.15, -0.1) is 0 Å². The number of hydrogen-bond acceptors (Lipinski definition) is 4. The molecule has 2 aromatic heterocycles. The fourth-order valence-electron chi connectivity index (χ4n) is 2.69. The molecule has 0 aromatic carbocycles. The summed E-state index contributed by atoms with van der Waals surface area (Å²) in [4.78, 5) is 13.6. The highest BCUT2D eigenvalue weighted by atomic mass is 15.2. The normalized spacial score (nSPS) is 15.2. The lowest BCUT2D eigenvalue weighted by Gasteiger charge is -2.25. The Labute approximate surface area is 125 Å². The van der Waals surface area contributed by atoms with E-state index in [0.717, 1.165) is 17.5 Å². The Hall–Kier alpha value is -1.91. The maximum atomic E-state index is 4.67. The van der Waals surface area contributed by atoms with Crippen LogP contribution in [-0.2, 0) is 6.54 Å². The van der Waals surface area contributed by atoms with Crippen molar-refractivity contribution < 1.29 is 0 Å². The van der Waals surface area contributed by atoms with E-state index in [-0.39, 0.29) is 0 Å². The average molecular weight is 285 g/mol. The summed E-state index contributed by atoms with van der Waals surface area (Å²) in [7, 11) is 0. The van der Waals surface area contributed by atoms with Crippen LogP contribution in [0.4, 0.5) is 5.95 Å². The van der Waals surface area contributed by atoms with Crippen molar-refractivity contribution in [3.05, 3.63) is 35.7 Å². The van der Waals surface area contributed by atoms with Gasteiger partial charge in [0.25, 0.3) is 0 Å². The Morgan fingerprint density at radius 1 is 1.33 bits per heavy atom. The number of imidazole rings is 1. The van der Waals surface area contributed by atoms with Gasteiger partial charge in [-0.05, 0) is 39.7 Å². The molecule has 0 aliphatic heterocycles. The van der Waals surface area contributed by atoms with E-state index in [1.54, 1.807) is 0 Å². The van der Waals surface area contributed by atoms with Crippen LogP contribution in [0.2, 0.25) is 0 Å². The predicted octanol–water partition coefficient (Wildman–Crippen LogP) is 3.44. The van der Waals surface area contributed by atoms with E-state index in [9.17, 15) is 0 Å². The Balaban J connectivity index is 1.72. The van der Waals surface area contributed by atoms with Gasteiger partial charge in [0.2, 0.25) is 5.95 Å². The van der Waals surface area contributed by atoms with Gasteiger partial charge in [-0.2, -0.15) is 0 Å².